The van der Waals surface area contributed by atoms with Crippen molar-refractivity contribution in [3.63, 3.8) is 0 Å². The van der Waals surface area contributed by atoms with E-state index in [9.17, 15) is 4.79 Å². The molecular formula is C9H9ClN2O. The van der Waals surface area contributed by atoms with Crippen LogP contribution in [0.15, 0.2) is 0 Å². The molecule has 1 aliphatic rings. The fourth-order valence-electron chi connectivity index (χ4n) is 1.52. The van der Waals surface area contributed by atoms with Crippen LogP contribution in [-0.2, 0) is 4.79 Å². The lowest BCUT2D eigenvalue weighted by molar-refractivity contribution is -0.129. The van der Waals surface area contributed by atoms with Crippen LogP contribution in [0.5, 0.6) is 0 Å². The van der Waals surface area contributed by atoms with Crippen LogP contribution in [0, 0.1) is 23.7 Å². The molecule has 2 unspecified atom stereocenters. The van der Waals surface area contributed by atoms with Gasteiger partial charge in [0.25, 0.3) is 0 Å². The summed E-state index contributed by atoms with van der Waals surface area (Å²) in [5.41, 5.74) is 0. The van der Waals surface area contributed by atoms with Crippen molar-refractivity contribution in [2.45, 2.75) is 24.9 Å². The summed E-state index contributed by atoms with van der Waals surface area (Å²) in [5.74, 6) is 2.12. The molecule has 4 heteroatoms. The summed E-state index contributed by atoms with van der Waals surface area (Å²) in [6.07, 6.45) is 6.58. The number of hydrogen-bond donors (Lipinski definition) is 0. The van der Waals surface area contributed by atoms with Crippen LogP contribution in [0.3, 0.4) is 0 Å². The highest BCUT2D eigenvalue weighted by molar-refractivity contribution is 6.27. The Morgan fingerprint density at radius 1 is 1.62 bits per heavy atom. The maximum absolute atomic E-state index is 11.3. The number of likely N-dealkylation sites (tertiary alicyclic amines) is 1. The van der Waals surface area contributed by atoms with Gasteiger partial charge in [-0.15, -0.1) is 18.0 Å². The summed E-state index contributed by atoms with van der Waals surface area (Å²) in [6, 6.07) is 1.39. The quantitative estimate of drug-likeness (QED) is 0.459. The Labute approximate surface area is 82.3 Å². The third-order valence-corrected chi connectivity index (χ3v) is 2.36. The predicted molar refractivity (Wildman–Crippen MR) is 48.8 cm³/mol. The predicted octanol–water partition coefficient (Wildman–Crippen LogP) is 0.742. The maximum Gasteiger partial charge on any atom is 0.239 e. The Bertz CT molecular complexity index is 267. The summed E-state index contributed by atoms with van der Waals surface area (Å²) < 4.78 is 0. The second-order valence-electron chi connectivity index (χ2n) is 2.84. The molecule has 0 aliphatic carbocycles. The van der Waals surface area contributed by atoms with Crippen molar-refractivity contribution >= 4 is 17.5 Å². The second kappa shape index (κ2) is 4.16. The van der Waals surface area contributed by atoms with Crippen LogP contribution in [0.4, 0.5) is 0 Å². The molecule has 13 heavy (non-hydrogen) atoms. The van der Waals surface area contributed by atoms with Gasteiger partial charge in [0.2, 0.25) is 5.91 Å². The van der Waals surface area contributed by atoms with Crippen molar-refractivity contribution in [1.29, 1.82) is 5.26 Å². The van der Waals surface area contributed by atoms with Crippen LogP contribution < -0.4 is 0 Å². The molecule has 1 heterocycles. The van der Waals surface area contributed by atoms with E-state index in [0.29, 0.717) is 12.8 Å². The van der Waals surface area contributed by atoms with Gasteiger partial charge in [0, 0.05) is 0 Å². The second-order valence-corrected chi connectivity index (χ2v) is 3.11. The maximum atomic E-state index is 11.3. The van der Waals surface area contributed by atoms with Gasteiger partial charge >= 0.3 is 0 Å². The van der Waals surface area contributed by atoms with E-state index in [1.807, 2.05) is 6.07 Å². The van der Waals surface area contributed by atoms with Crippen molar-refractivity contribution in [1.82, 2.24) is 4.90 Å². The van der Waals surface area contributed by atoms with Gasteiger partial charge in [0.05, 0.1) is 12.1 Å². The van der Waals surface area contributed by atoms with Gasteiger partial charge in [-0.2, -0.15) is 5.26 Å². The largest absolute Gasteiger partial charge is 0.312 e. The molecule has 0 aromatic rings. The molecule has 0 spiro atoms. The SMILES string of the molecule is C#CC1CCC(C#N)N1C(=O)CCl. The van der Waals surface area contributed by atoms with Gasteiger partial charge in [0.1, 0.15) is 11.9 Å². The third-order valence-electron chi connectivity index (χ3n) is 2.13. The number of terminal acetylenes is 1. The van der Waals surface area contributed by atoms with Crippen LogP contribution in [0.25, 0.3) is 0 Å². The molecule has 0 N–H and O–H groups in total. The van der Waals surface area contributed by atoms with E-state index >= 15 is 0 Å². The van der Waals surface area contributed by atoms with Gasteiger partial charge < -0.3 is 4.90 Å². The molecular weight excluding hydrogens is 188 g/mol. The zero-order chi connectivity index (χ0) is 9.84. The lowest BCUT2D eigenvalue weighted by atomic mass is 10.2. The van der Waals surface area contributed by atoms with Gasteiger partial charge in [-0.1, -0.05) is 5.92 Å². The Kier molecular flexibility index (Phi) is 3.17. The fraction of sp³-hybridized carbons (Fsp3) is 0.556. The number of carbonyl (C=O) groups excluding carboxylic acids is 1. The Balaban J connectivity index is 2.82. The normalized spacial score (nSPS) is 26.5. The Morgan fingerprint density at radius 2 is 2.23 bits per heavy atom. The molecule has 1 fully saturated rings. The van der Waals surface area contributed by atoms with E-state index in [0.717, 1.165) is 0 Å². The van der Waals surface area contributed by atoms with Gasteiger partial charge in [-0.3, -0.25) is 4.79 Å². The van der Waals surface area contributed by atoms with E-state index in [2.05, 4.69) is 5.92 Å². The molecule has 0 bridgehead atoms. The highest BCUT2D eigenvalue weighted by atomic mass is 35.5. The van der Waals surface area contributed by atoms with E-state index in [4.69, 9.17) is 23.3 Å². The number of amides is 1. The minimum Gasteiger partial charge on any atom is -0.312 e. The molecule has 1 saturated heterocycles. The van der Waals surface area contributed by atoms with Crippen molar-refractivity contribution in [3.05, 3.63) is 0 Å². The third kappa shape index (κ3) is 1.76. The lowest BCUT2D eigenvalue weighted by Crippen LogP contribution is -2.40. The minimum absolute atomic E-state index is 0.115. The summed E-state index contributed by atoms with van der Waals surface area (Å²) in [6.45, 7) is 0. The number of nitriles is 1. The van der Waals surface area contributed by atoms with E-state index < -0.39 is 6.04 Å². The van der Waals surface area contributed by atoms with Crippen LogP contribution >= 0.6 is 11.6 Å². The molecule has 1 aliphatic heterocycles. The lowest BCUT2D eigenvalue weighted by Gasteiger charge is -2.22. The molecule has 3 nitrogen and oxygen atoms in total. The molecule has 0 aromatic heterocycles. The highest BCUT2D eigenvalue weighted by Crippen LogP contribution is 2.23. The number of carbonyl (C=O) groups is 1. The Hall–Kier alpha value is -1.19. The monoisotopic (exact) mass is 196 g/mol. The highest BCUT2D eigenvalue weighted by Gasteiger charge is 2.35. The van der Waals surface area contributed by atoms with Crippen molar-refractivity contribution in [2.24, 2.45) is 0 Å². The molecule has 2 atom stereocenters. The van der Waals surface area contributed by atoms with Crippen LogP contribution in [0.2, 0.25) is 0 Å². The smallest absolute Gasteiger partial charge is 0.239 e. The van der Waals surface area contributed by atoms with Gasteiger partial charge in [0.15, 0.2) is 0 Å². The standard InChI is InChI=1S/C9H9ClN2O/c1-2-7-3-4-8(6-11)12(7)9(13)5-10/h1,7-8H,3-5H2. The molecule has 68 valence electrons. The van der Waals surface area contributed by atoms with E-state index in [-0.39, 0.29) is 17.8 Å². The van der Waals surface area contributed by atoms with Gasteiger partial charge in [-0.05, 0) is 12.8 Å². The first kappa shape index (κ1) is 9.89. The number of rotatable bonds is 1. The number of alkyl halides is 1. The fourth-order valence-corrected chi connectivity index (χ4v) is 1.66. The summed E-state index contributed by atoms with van der Waals surface area (Å²) in [5, 5.41) is 8.74. The summed E-state index contributed by atoms with van der Waals surface area (Å²) in [4.78, 5) is 12.7. The average Bonchev–Trinajstić information content (AvgIpc) is 2.59. The van der Waals surface area contributed by atoms with Crippen molar-refractivity contribution < 1.29 is 4.79 Å². The van der Waals surface area contributed by atoms with E-state index in [1.54, 1.807) is 0 Å². The summed E-state index contributed by atoms with van der Waals surface area (Å²) >= 11 is 5.41. The van der Waals surface area contributed by atoms with Crippen molar-refractivity contribution in [3.8, 4) is 18.4 Å². The Morgan fingerprint density at radius 3 is 2.69 bits per heavy atom. The van der Waals surface area contributed by atoms with Crippen molar-refractivity contribution in [2.75, 3.05) is 5.88 Å². The first-order valence-corrected chi connectivity index (χ1v) is 4.51. The zero-order valence-corrected chi connectivity index (χ0v) is 7.79. The molecule has 0 radical (unpaired) electrons. The first-order valence-electron chi connectivity index (χ1n) is 3.97. The average molecular weight is 197 g/mol. The number of hydrogen-bond acceptors (Lipinski definition) is 2. The number of nitrogens with zero attached hydrogens (tertiary/aromatic N) is 2. The van der Waals surface area contributed by atoms with Crippen LogP contribution in [0.1, 0.15) is 12.8 Å². The molecule has 1 rings (SSSR count). The molecule has 0 aromatic carbocycles. The summed E-state index contributed by atoms with van der Waals surface area (Å²) in [7, 11) is 0. The molecule has 0 saturated carbocycles. The molecule has 1 amide bonds. The van der Waals surface area contributed by atoms with E-state index in [1.165, 1.54) is 4.90 Å². The minimum atomic E-state index is -0.396. The van der Waals surface area contributed by atoms with Gasteiger partial charge in [-0.25, -0.2) is 0 Å². The first-order chi connectivity index (χ1) is 6.24. The van der Waals surface area contributed by atoms with Crippen LogP contribution in [-0.4, -0.2) is 28.8 Å². The zero-order valence-electron chi connectivity index (χ0n) is 7.03. The topological polar surface area (TPSA) is 44.1 Å². The number of halogens is 1.